The second kappa shape index (κ2) is 5.53. The number of carboxylic acid groups (broad SMARTS) is 1. The van der Waals surface area contributed by atoms with Gasteiger partial charge in [0, 0.05) is 12.5 Å². The maximum absolute atomic E-state index is 11.3. The number of amides is 1. The van der Waals surface area contributed by atoms with Crippen LogP contribution in [0.4, 0.5) is 0 Å². The smallest absolute Gasteiger partial charge is 0.306 e. The van der Waals surface area contributed by atoms with E-state index in [4.69, 9.17) is 5.11 Å². The largest absolute Gasteiger partial charge is 0.481 e. The first-order valence-electron chi connectivity index (χ1n) is 5.26. The van der Waals surface area contributed by atoms with Gasteiger partial charge in [-0.15, -0.1) is 6.58 Å². The van der Waals surface area contributed by atoms with Gasteiger partial charge in [-0.2, -0.15) is 0 Å². The summed E-state index contributed by atoms with van der Waals surface area (Å²) in [5, 5.41) is 11.6. The summed E-state index contributed by atoms with van der Waals surface area (Å²) >= 11 is 0. The number of rotatable bonds is 5. The molecule has 1 saturated carbocycles. The van der Waals surface area contributed by atoms with E-state index in [9.17, 15) is 9.59 Å². The number of hydrogen-bond donors (Lipinski definition) is 2. The standard InChI is InChI=1S/C11H17NO3/c1-2-3-4-10(13)12-9-6-5-8(7-9)11(14)15/h2,8-9H,1,3-7H2,(H,12,13)(H,14,15)/t8-,9-/m0/s1. The van der Waals surface area contributed by atoms with Crippen LogP contribution >= 0.6 is 0 Å². The molecule has 0 heterocycles. The molecule has 0 radical (unpaired) electrons. The van der Waals surface area contributed by atoms with Gasteiger partial charge < -0.3 is 10.4 Å². The van der Waals surface area contributed by atoms with Gasteiger partial charge in [0.2, 0.25) is 5.91 Å². The minimum Gasteiger partial charge on any atom is -0.481 e. The fourth-order valence-electron chi connectivity index (χ4n) is 1.87. The van der Waals surface area contributed by atoms with Gasteiger partial charge in [-0.05, 0) is 25.7 Å². The molecule has 15 heavy (non-hydrogen) atoms. The van der Waals surface area contributed by atoms with E-state index in [0.717, 1.165) is 6.42 Å². The van der Waals surface area contributed by atoms with Crippen LogP contribution in [0.3, 0.4) is 0 Å². The van der Waals surface area contributed by atoms with Crippen LogP contribution in [0.25, 0.3) is 0 Å². The third-order valence-electron chi connectivity index (χ3n) is 2.72. The Kier molecular flexibility index (Phi) is 4.34. The van der Waals surface area contributed by atoms with E-state index >= 15 is 0 Å². The molecule has 2 atom stereocenters. The first-order chi connectivity index (χ1) is 7.13. The lowest BCUT2D eigenvalue weighted by molar-refractivity contribution is -0.141. The molecule has 0 aliphatic heterocycles. The van der Waals surface area contributed by atoms with Crippen LogP contribution in [0.15, 0.2) is 12.7 Å². The predicted octanol–water partition coefficient (Wildman–Crippen LogP) is 1.32. The predicted molar refractivity (Wildman–Crippen MR) is 56.3 cm³/mol. The van der Waals surface area contributed by atoms with E-state index in [-0.39, 0.29) is 17.9 Å². The Morgan fingerprint density at radius 3 is 2.73 bits per heavy atom. The Morgan fingerprint density at radius 2 is 2.20 bits per heavy atom. The second-order valence-corrected chi connectivity index (χ2v) is 3.94. The van der Waals surface area contributed by atoms with Gasteiger partial charge in [0.05, 0.1) is 5.92 Å². The number of hydrogen-bond acceptors (Lipinski definition) is 2. The first-order valence-corrected chi connectivity index (χ1v) is 5.26. The zero-order valence-corrected chi connectivity index (χ0v) is 8.74. The molecule has 1 aliphatic rings. The zero-order valence-electron chi connectivity index (χ0n) is 8.74. The molecule has 84 valence electrons. The van der Waals surface area contributed by atoms with E-state index in [1.807, 2.05) is 0 Å². The van der Waals surface area contributed by atoms with E-state index in [2.05, 4.69) is 11.9 Å². The Labute approximate surface area is 89.4 Å². The van der Waals surface area contributed by atoms with Crippen molar-refractivity contribution in [2.24, 2.45) is 5.92 Å². The molecule has 4 heteroatoms. The zero-order chi connectivity index (χ0) is 11.3. The van der Waals surface area contributed by atoms with Crippen molar-refractivity contribution >= 4 is 11.9 Å². The quantitative estimate of drug-likeness (QED) is 0.674. The number of carboxylic acids is 1. The van der Waals surface area contributed by atoms with Crippen molar-refractivity contribution in [1.82, 2.24) is 5.32 Å². The minimum absolute atomic E-state index is 0.00839. The lowest BCUT2D eigenvalue weighted by Gasteiger charge is -2.11. The first kappa shape index (κ1) is 11.8. The van der Waals surface area contributed by atoms with E-state index in [1.165, 1.54) is 0 Å². The van der Waals surface area contributed by atoms with Crippen molar-refractivity contribution in [3.63, 3.8) is 0 Å². The average Bonchev–Trinajstić information content (AvgIpc) is 2.63. The summed E-state index contributed by atoms with van der Waals surface area (Å²) in [7, 11) is 0. The van der Waals surface area contributed by atoms with Crippen molar-refractivity contribution < 1.29 is 14.7 Å². The lowest BCUT2D eigenvalue weighted by atomic mass is 10.1. The normalized spacial score (nSPS) is 24.8. The maximum atomic E-state index is 11.3. The monoisotopic (exact) mass is 211 g/mol. The topological polar surface area (TPSA) is 66.4 Å². The molecule has 0 saturated heterocycles. The highest BCUT2D eigenvalue weighted by atomic mass is 16.4. The molecule has 4 nitrogen and oxygen atoms in total. The molecule has 0 aromatic carbocycles. The van der Waals surface area contributed by atoms with Gasteiger partial charge in [-0.1, -0.05) is 6.08 Å². The molecule has 1 rings (SSSR count). The summed E-state index contributed by atoms with van der Waals surface area (Å²) in [6.45, 7) is 3.54. The van der Waals surface area contributed by atoms with E-state index in [0.29, 0.717) is 25.7 Å². The molecular formula is C11H17NO3. The highest BCUT2D eigenvalue weighted by Gasteiger charge is 2.30. The summed E-state index contributed by atoms with van der Waals surface area (Å²) in [5.41, 5.74) is 0. The molecule has 1 amide bonds. The highest BCUT2D eigenvalue weighted by molar-refractivity contribution is 5.76. The Hall–Kier alpha value is -1.32. The number of carbonyl (C=O) groups excluding carboxylic acids is 1. The molecule has 0 unspecified atom stereocenters. The number of aliphatic carboxylic acids is 1. The summed E-state index contributed by atoms with van der Waals surface area (Å²) in [4.78, 5) is 22.0. The number of carbonyl (C=O) groups is 2. The van der Waals surface area contributed by atoms with E-state index < -0.39 is 5.97 Å². The van der Waals surface area contributed by atoms with Gasteiger partial charge in [0.1, 0.15) is 0 Å². The fourth-order valence-corrected chi connectivity index (χ4v) is 1.87. The third kappa shape index (κ3) is 3.73. The Balaban J connectivity index is 2.26. The second-order valence-electron chi connectivity index (χ2n) is 3.94. The molecule has 1 aliphatic carbocycles. The van der Waals surface area contributed by atoms with Crippen LogP contribution in [0, 0.1) is 5.92 Å². The highest BCUT2D eigenvalue weighted by Crippen LogP contribution is 2.25. The Morgan fingerprint density at radius 1 is 1.47 bits per heavy atom. The van der Waals surface area contributed by atoms with Gasteiger partial charge in [0.25, 0.3) is 0 Å². The van der Waals surface area contributed by atoms with Gasteiger partial charge in [-0.3, -0.25) is 9.59 Å². The van der Waals surface area contributed by atoms with Crippen LogP contribution in [0.5, 0.6) is 0 Å². The summed E-state index contributed by atoms with van der Waals surface area (Å²) < 4.78 is 0. The van der Waals surface area contributed by atoms with Crippen molar-refractivity contribution in [1.29, 1.82) is 0 Å². The third-order valence-corrected chi connectivity index (χ3v) is 2.72. The minimum atomic E-state index is -0.752. The van der Waals surface area contributed by atoms with Crippen LogP contribution in [0.2, 0.25) is 0 Å². The van der Waals surface area contributed by atoms with Crippen LogP contribution in [-0.4, -0.2) is 23.0 Å². The fraction of sp³-hybridized carbons (Fsp3) is 0.636. The van der Waals surface area contributed by atoms with Crippen molar-refractivity contribution in [2.75, 3.05) is 0 Å². The molecule has 0 aromatic heterocycles. The summed E-state index contributed by atoms with van der Waals surface area (Å²) in [6.07, 6.45) is 4.82. The molecule has 1 fully saturated rings. The van der Waals surface area contributed by atoms with Crippen LogP contribution in [-0.2, 0) is 9.59 Å². The number of nitrogens with one attached hydrogen (secondary N) is 1. The van der Waals surface area contributed by atoms with Gasteiger partial charge in [0.15, 0.2) is 0 Å². The molecule has 2 N–H and O–H groups in total. The van der Waals surface area contributed by atoms with Gasteiger partial charge >= 0.3 is 5.97 Å². The summed E-state index contributed by atoms with van der Waals surface area (Å²) in [6, 6.07) is 0.0448. The Bertz CT molecular complexity index is 263. The molecule has 0 spiro atoms. The molecule has 0 aromatic rings. The van der Waals surface area contributed by atoms with Crippen LogP contribution in [0.1, 0.15) is 32.1 Å². The lowest BCUT2D eigenvalue weighted by Crippen LogP contribution is -2.33. The molecule has 0 bridgehead atoms. The SMILES string of the molecule is C=CCCC(=O)N[C@H]1CC[C@H](C(=O)O)C1. The summed E-state index contributed by atoms with van der Waals surface area (Å²) in [5.74, 6) is -1.04. The van der Waals surface area contributed by atoms with E-state index in [1.54, 1.807) is 6.08 Å². The van der Waals surface area contributed by atoms with Gasteiger partial charge in [-0.25, -0.2) is 0 Å². The van der Waals surface area contributed by atoms with Crippen molar-refractivity contribution in [3.05, 3.63) is 12.7 Å². The van der Waals surface area contributed by atoms with Crippen LogP contribution < -0.4 is 5.32 Å². The van der Waals surface area contributed by atoms with Crippen molar-refractivity contribution in [3.8, 4) is 0 Å². The van der Waals surface area contributed by atoms with Crippen molar-refractivity contribution in [2.45, 2.75) is 38.1 Å². The number of allylic oxidation sites excluding steroid dienone is 1. The average molecular weight is 211 g/mol. The molecular weight excluding hydrogens is 194 g/mol. The maximum Gasteiger partial charge on any atom is 0.306 e.